The summed E-state index contributed by atoms with van der Waals surface area (Å²) >= 11 is 0. The SMILES string of the molecule is C[C@H](Cn1cnc2c(N)ncnc21)OCP(=O)(O)OCCCCCCCCCCCCCCCCc1cccnc1. The van der Waals surface area contributed by atoms with Gasteiger partial charge in [0.2, 0.25) is 0 Å². The summed E-state index contributed by atoms with van der Waals surface area (Å²) in [5, 5.41) is 0. The molecule has 3 aromatic rings. The standard InChI is InChI=1S/C30H49N6O4P/c1-26(22-36-24-35-28-29(31)33-23-34-30(28)36)39-25-41(37,38)40-20-15-13-11-9-7-5-3-2-4-6-8-10-12-14-17-27-18-16-19-32-21-27/h16,18-19,21,23-24,26H,2-15,17,20,22,25H2,1H3,(H,37,38)(H2,31,33,34)/t26-/m1/s1. The summed E-state index contributed by atoms with van der Waals surface area (Å²) in [7, 11) is -3.79. The van der Waals surface area contributed by atoms with Crippen molar-refractivity contribution < 1.29 is 18.7 Å². The fourth-order valence-electron chi connectivity index (χ4n) is 4.93. The molecule has 0 spiro atoms. The second kappa shape index (κ2) is 18.9. The Morgan fingerprint density at radius 3 is 2.20 bits per heavy atom. The predicted octanol–water partition coefficient (Wildman–Crippen LogP) is 7.07. The van der Waals surface area contributed by atoms with Gasteiger partial charge in [0.1, 0.15) is 18.2 Å². The first-order chi connectivity index (χ1) is 19.9. The molecular weight excluding hydrogens is 539 g/mol. The molecule has 0 amide bonds. The maximum absolute atomic E-state index is 12.3. The smallest absolute Gasteiger partial charge is 0.353 e. The van der Waals surface area contributed by atoms with Crippen LogP contribution in [-0.4, -0.2) is 48.5 Å². The number of unbranched alkanes of at least 4 members (excludes halogenated alkanes) is 13. The van der Waals surface area contributed by atoms with Crippen LogP contribution in [0.2, 0.25) is 0 Å². The van der Waals surface area contributed by atoms with Gasteiger partial charge >= 0.3 is 7.60 Å². The summed E-state index contributed by atoms with van der Waals surface area (Å²) < 4.78 is 25.0. The number of anilines is 1. The van der Waals surface area contributed by atoms with Crippen LogP contribution in [-0.2, 0) is 26.8 Å². The predicted molar refractivity (Wildman–Crippen MR) is 164 cm³/mol. The van der Waals surface area contributed by atoms with Crippen LogP contribution in [0.25, 0.3) is 11.2 Å². The number of nitrogens with two attached hydrogens (primary N) is 1. The Balaban J connectivity index is 1.08. The number of aryl methyl sites for hydroxylation is 1. The van der Waals surface area contributed by atoms with Crippen LogP contribution >= 0.6 is 7.60 Å². The topological polar surface area (TPSA) is 138 Å². The van der Waals surface area contributed by atoms with Gasteiger partial charge < -0.3 is 24.5 Å². The van der Waals surface area contributed by atoms with Crippen molar-refractivity contribution in [3.05, 3.63) is 42.7 Å². The third kappa shape index (κ3) is 13.4. The van der Waals surface area contributed by atoms with Crippen molar-refractivity contribution in [2.75, 3.05) is 18.7 Å². The summed E-state index contributed by atoms with van der Waals surface area (Å²) in [6.07, 6.45) is 24.7. The Hall–Kier alpha value is -2.39. The third-order valence-electron chi connectivity index (χ3n) is 7.28. The van der Waals surface area contributed by atoms with E-state index in [9.17, 15) is 9.46 Å². The molecule has 0 aliphatic heterocycles. The monoisotopic (exact) mass is 588 g/mol. The zero-order chi connectivity index (χ0) is 29.2. The molecule has 3 heterocycles. The van der Waals surface area contributed by atoms with E-state index in [1.165, 1.54) is 82.5 Å². The minimum Gasteiger partial charge on any atom is -0.382 e. The second-order valence-corrected chi connectivity index (χ2v) is 12.8. The molecule has 0 aliphatic rings. The lowest BCUT2D eigenvalue weighted by atomic mass is 10.0. The van der Waals surface area contributed by atoms with Gasteiger partial charge in [-0.05, 0) is 37.8 Å². The largest absolute Gasteiger partial charge is 0.382 e. The van der Waals surface area contributed by atoms with Gasteiger partial charge in [-0.15, -0.1) is 0 Å². The highest BCUT2D eigenvalue weighted by Gasteiger charge is 2.21. The average Bonchev–Trinajstić information content (AvgIpc) is 3.38. The number of ether oxygens (including phenoxy) is 1. The molecule has 0 saturated heterocycles. The fourth-order valence-corrected chi connectivity index (χ4v) is 5.86. The highest BCUT2D eigenvalue weighted by Crippen LogP contribution is 2.42. The second-order valence-electron chi connectivity index (χ2n) is 11.0. The fraction of sp³-hybridized carbons (Fsp3) is 0.667. The molecule has 3 rings (SSSR count). The van der Waals surface area contributed by atoms with Gasteiger partial charge in [0.15, 0.2) is 11.5 Å². The first kappa shape index (κ1) is 33.1. The van der Waals surface area contributed by atoms with E-state index in [1.54, 1.807) is 10.9 Å². The summed E-state index contributed by atoms with van der Waals surface area (Å²) in [5.41, 5.74) is 8.30. The molecule has 0 aromatic carbocycles. The van der Waals surface area contributed by atoms with Crippen molar-refractivity contribution in [1.29, 1.82) is 0 Å². The lowest BCUT2D eigenvalue weighted by molar-refractivity contribution is 0.0715. The Morgan fingerprint density at radius 2 is 1.56 bits per heavy atom. The molecule has 41 heavy (non-hydrogen) atoms. The van der Waals surface area contributed by atoms with Crippen molar-refractivity contribution >= 4 is 24.6 Å². The van der Waals surface area contributed by atoms with E-state index in [2.05, 4.69) is 26.0 Å². The van der Waals surface area contributed by atoms with Crippen LogP contribution in [0.4, 0.5) is 5.82 Å². The van der Waals surface area contributed by atoms with Crippen LogP contribution in [0.15, 0.2) is 37.2 Å². The zero-order valence-electron chi connectivity index (χ0n) is 24.7. The molecule has 3 N–H and O–H groups in total. The first-order valence-corrected chi connectivity index (χ1v) is 17.1. The van der Waals surface area contributed by atoms with Crippen LogP contribution in [0.1, 0.15) is 102 Å². The number of rotatable bonds is 23. The molecule has 2 atom stereocenters. The summed E-state index contributed by atoms with van der Waals surface area (Å²) in [4.78, 5) is 26.6. The number of imidazole rings is 1. The van der Waals surface area contributed by atoms with Gasteiger partial charge in [0, 0.05) is 12.4 Å². The van der Waals surface area contributed by atoms with E-state index < -0.39 is 7.60 Å². The van der Waals surface area contributed by atoms with Gasteiger partial charge in [0.05, 0.1) is 25.6 Å². The van der Waals surface area contributed by atoms with Gasteiger partial charge in [-0.2, -0.15) is 0 Å². The number of pyridine rings is 1. The van der Waals surface area contributed by atoms with Crippen molar-refractivity contribution in [2.45, 2.75) is 116 Å². The molecular formula is C30H49N6O4P. The normalized spacial score (nSPS) is 13.9. The third-order valence-corrected chi connectivity index (χ3v) is 8.34. The molecule has 0 fully saturated rings. The van der Waals surface area contributed by atoms with Gasteiger partial charge in [-0.1, -0.05) is 83.1 Å². The Bertz CT molecular complexity index is 1160. The van der Waals surface area contributed by atoms with Crippen molar-refractivity contribution in [3.63, 3.8) is 0 Å². The Labute approximate surface area is 245 Å². The van der Waals surface area contributed by atoms with Crippen LogP contribution < -0.4 is 5.73 Å². The lowest BCUT2D eigenvalue weighted by Crippen LogP contribution is -2.17. The van der Waals surface area contributed by atoms with E-state index in [4.69, 9.17) is 15.0 Å². The molecule has 0 aliphatic carbocycles. The maximum Gasteiger partial charge on any atom is 0.353 e. The van der Waals surface area contributed by atoms with Crippen molar-refractivity contribution in [3.8, 4) is 0 Å². The van der Waals surface area contributed by atoms with Crippen LogP contribution in [0.5, 0.6) is 0 Å². The van der Waals surface area contributed by atoms with Gasteiger partial charge in [-0.25, -0.2) is 15.0 Å². The highest BCUT2D eigenvalue weighted by molar-refractivity contribution is 7.52. The molecule has 1 unspecified atom stereocenters. The van der Waals surface area contributed by atoms with E-state index in [0.717, 1.165) is 25.7 Å². The summed E-state index contributed by atoms with van der Waals surface area (Å²) in [6.45, 7) is 2.52. The molecule has 0 saturated carbocycles. The number of fused-ring (bicyclic) bond motifs is 1. The van der Waals surface area contributed by atoms with Crippen molar-refractivity contribution in [2.24, 2.45) is 0 Å². The minimum absolute atomic E-state index is 0.275. The van der Waals surface area contributed by atoms with E-state index in [1.807, 2.05) is 25.4 Å². The van der Waals surface area contributed by atoms with Crippen molar-refractivity contribution in [1.82, 2.24) is 24.5 Å². The number of nitrogens with zero attached hydrogens (tertiary/aromatic N) is 5. The molecule has 10 nitrogen and oxygen atoms in total. The van der Waals surface area contributed by atoms with E-state index >= 15 is 0 Å². The molecule has 0 radical (unpaired) electrons. The summed E-state index contributed by atoms with van der Waals surface area (Å²) in [6, 6.07) is 4.18. The first-order valence-electron chi connectivity index (χ1n) is 15.3. The van der Waals surface area contributed by atoms with E-state index in [0.29, 0.717) is 23.5 Å². The zero-order valence-corrected chi connectivity index (χ0v) is 25.6. The Morgan fingerprint density at radius 1 is 0.927 bits per heavy atom. The van der Waals surface area contributed by atoms with Gasteiger partial charge in [0.25, 0.3) is 0 Å². The average molecular weight is 589 g/mol. The lowest BCUT2D eigenvalue weighted by Gasteiger charge is -2.17. The minimum atomic E-state index is -3.79. The molecule has 3 aromatic heterocycles. The highest BCUT2D eigenvalue weighted by atomic mass is 31.2. The molecule has 228 valence electrons. The number of aromatic nitrogens is 5. The molecule has 11 heteroatoms. The van der Waals surface area contributed by atoms with E-state index in [-0.39, 0.29) is 19.1 Å². The summed E-state index contributed by atoms with van der Waals surface area (Å²) in [5.74, 6) is 0.316. The number of hydrogen-bond acceptors (Lipinski definition) is 8. The van der Waals surface area contributed by atoms with Gasteiger partial charge in [-0.3, -0.25) is 9.55 Å². The maximum atomic E-state index is 12.3. The number of nitrogen functional groups attached to an aromatic ring is 1. The molecule has 0 bridgehead atoms. The quantitative estimate of drug-likeness (QED) is 0.0879. The Kier molecular flexibility index (Phi) is 15.3. The number of hydrogen-bond donors (Lipinski definition) is 2. The van der Waals surface area contributed by atoms with Crippen LogP contribution in [0, 0.1) is 0 Å². The van der Waals surface area contributed by atoms with Crippen LogP contribution in [0.3, 0.4) is 0 Å².